The van der Waals surface area contributed by atoms with Gasteiger partial charge in [-0.25, -0.2) is 9.59 Å². The second kappa shape index (κ2) is 11.6. The van der Waals surface area contributed by atoms with Crippen LogP contribution in [0.2, 0.25) is 0 Å². The van der Waals surface area contributed by atoms with Crippen molar-refractivity contribution in [3.05, 3.63) is 96.6 Å². The van der Waals surface area contributed by atoms with Gasteiger partial charge in [0.15, 0.2) is 12.2 Å². The van der Waals surface area contributed by atoms with Gasteiger partial charge in [0.1, 0.15) is 11.5 Å². The van der Waals surface area contributed by atoms with Crippen molar-refractivity contribution in [2.24, 2.45) is 0 Å². The van der Waals surface area contributed by atoms with Crippen molar-refractivity contribution in [1.82, 2.24) is 0 Å². The number of phenolic OH excluding ortho intramolecular Hbond substituents is 1. The Balaban J connectivity index is 1.88. The van der Waals surface area contributed by atoms with Crippen molar-refractivity contribution >= 4 is 29.5 Å². The standard InChI is InChI=1S/C25H23NO6S/c1-33-21-13-9-18(10-14-21)26-25(30)32-24(17-7-11-19(27)12-8-17)22(15-16-23(28)29)31-20-5-3-2-4-6-20/h2-16,22,24,27H,1H3,(H,26,30)(H,28,29)/b16-15+/t22-,24-/m1/s1. The highest BCUT2D eigenvalue weighted by Crippen LogP contribution is 2.29. The zero-order valence-corrected chi connectivity index (χ0v) is 18.6. The Hall–Kier alpha value is -3.91. The number of nitrogens with one attached hydrogen (secondary N) is 1. The van der Waals surface area contributed by atoms with Crippen LogP contribution in [0.4, 0.5) is 10.5 Å². The van der Waals surface area contributed by atoms with E-state index < -0.39 is 24.3 Å². The van der Waals surface area contributed by atoms with Crippen LogP contribution >= 0.6 is 11.8 Å². The van der Waals surface area contributed by atoms with Gasteiger partial charge in [0.25, 0.3) is 0 Å². The molecule has 7 nitrogen and oxygen atoms in total. The summed E-state index contributed by atoms with van der Waals surface area (Å²) in [6.45, 7) is 0. The van der Waals surface area contributed by atoms with E-state index in [-0.39, 0.29) is 5.75 Å². The Morgan fingerprint density at radius 3 is 2.24 bits per heavy atom. The number of amides is 1. The van der Waals surface area contributed by atoms with Crippen LogP contribution in [0.15, 0.2) is 95.9 Å². The van der Waals surface area contributed by atoms with E-state index >= 15 is 0 Å². The summed E-state index contributed by atoms with van der Waals surface area (Å²) in [5, 5.41) is 21.5. The summed E-state index contributed by atoms with van der Waals surface area (Å²) in [6.07, 6.45) is 1.49. The van der Waals surface area contributed by atoms with E-state index in [4.69, 9.17) is 14.6 Å². The Kier molecular flexibility index (Phi) is 8.37. The number of aromatic hydroxyl groups is 1. The molecule has 33 heavy (non-hydrogen) atoms. The monoisotopic (exact) mass is 465 g/mol. The molecule has 0 spiro atoms. The van der Waals surface area contributed by atoms with Gasteiger partial charge in [-0.2, -0.15) is 0 Å². The molecule has 0 heterocycles. The minimum absolute atomic E-state index is 0.0393. The topological polar surface area (TPSA) is 105 Å². The number of thioether (sulfide) groups is 1. The number of hydrogen-bond acceptors (Lipinski definition) is 6. The van der Waals surface area contributed by atoms with Crippen LogP contribution in [0, 0.1) is 0 Å². The summed E-state index contributed by atoms with van der Waals surface area (Å²) in [6, 6.07) is 22.1. The van der Waals surface area contributed by atoms with Gasteiger partial charge in [0.05, 0.1) is 0 Å². The molecular formula is C25H23NO6S. The largest absolute Gasteiger partial charge is 0.508 e. The van der Waals surface area contributed by atoms with Crippen molar-refractivity contribution in [1.29, 1.82) is 0 Å². The number of benzene rings is 3. The summed E-state index contributed by atoms with van der Waals surface area (Å²) in [5.41, 5.74) is 1.06. The van der Waals surface area contributed by atoms with E-state index in [0.29, 0.717) is 17.0 Å². The van der Waals surface area contributed by atoms with Gasteiger partial charge in [-0.15, -0.1) is 11.8 Å². The number of carbonyl (C=O) groups excluding carboxylic acids is 1. The average molecular weight is 466 g/mol. The molecule has 170 valence electrons. The number of ether oxygens (including phenoxy) is 2. The van der Waals surface area contributed by atoms with Gasteiger partial charge in [0.2, 0.25) is 0 Å². The van der Waals surface area contributed by atoms with Gasteiger partial charge in [-0.1, -0.05) is 30.3 Å². The highest BCUT2D eigenvalue weighted by molar-refractivity contribution is 7.98. The number of carbonyl (C=O) groups is 2. The lowest BCUT2D eigenvalue weighted by Gasteiger charge is -2.26. The molecule has 8 heteroatoms. The Bertz CT molecular complexity index is 1080. The first-order valence-corrected chi connectivity index (χ1v) is 11.2. The van der Waals surface area contributed by atoms with Gasteiger partial charge < -0.3 is 19.7 Å². The molecule has 3 aromatic rings. The third kappa shape index (κ3) is 7.33. The van der Waals surface area contributed by atoms with E-state index in [1.54, 1.807) is 60.3 Å². The minimum Gasteiger partial charge on any atom is -0.508 e. The second-order valence-electron chi connectivity index (χ2n) is 6.86. The number of aliphatic carboxylic acids is 1. The third-order valence-corrected chi connectivity index (χ3v) is 5.28. The van der Waals surface area contributed by atoms with Crippen LogP contribution < -0.4 is 10.1 Å². The lowest BCUT2D eigenvalue weighted by atomic mass is 10.0. The van der Waals surface area contributed by atoms with Crippen LogP contribution in [-0.2, 0) is 9.53 Å². The molecule has 1 amide bonds. The molecule has 0 unspecified atom stereocenters. The number of phenols is 1. The molecular weight excluding hydrogens is 442 g/mol. The molecule has 2 atom stereocenters. The van der Waals surface area contributed by atoms with Crippen molar-refractivity contribution in [3.8, 4) is 11.5 Å². The Morgan fingerprint density at radius 1 is 0.970 bits per heavy atom. The number of carboxylic acid groups (broad SMARTS) is 1. The SMILES string of the molecule is CSc1ccc(NC(=O)O[C@H](c2ccc(O)cc2)[C@@H](/C=C/C(=O)O)Oc2ccccc2)cc1. The first-order chi connectivity index (χ1) is 15.9. The number of carboxylic acids is 1. The fourth-order valence-electron chi connectivity index (χ4n) is 2.96. The molecule has 0 saturated carbocycles. The molecule has 0 aliphatic heterocycles. The number of anilines is 1. The van der Waals surface area contributed by atoms with Crippen LogP contribution in [-0.4, -0.2) is 34.6 Å². The molecule has 0 radical (unpaired) electrons. The smallest absolute Gasteiger partial charge is 0.412 e. The summed E-state index contributed by atoms with van der Waals surface area (Å²) in [4.78, 5) is 25.0. The molecule has 3 rings (SSSR count). The van der Waals surface area contributed by atoms with Crippen molar-refractivity contribution in [2.45, 2.75) is 17.1 Å². The number of hydrogen-bond donors (Lipinski definition) is 3. The maximum Gasteiger partial charge on any atom is 0.412 e. The van der Waals surface area contributed by atoms with E-state index in [1.165, 1.54) is 18.2 Å². The molecule has 0 fully saturated rings. The van der Waals surface area contributed by atoms with Crippen LogP contribution in [0.5, 0.6) is 11.5 Å². The molecule has 0 aliphatic carbocycles. The molecule has 0 aromatic heterocycles. The molecule has 0 bridgehead atoms. The van der Waals surface area contributed by atoms with Gasteiger partial charge in [-0.3, -0.25) is 5.32 Å². The lowest BCUT2D eigenvalue weighted by molar-refractivity contribution is -0.131. The number of para-hydroxylation sites is 1. The van der Waals surface area contributed by atoms with Crippen LogP contribution in [0.25, 0.3) is 0 Å². The summed E-state index contributed by atoms with van der Waals surface area (Å²) >= 11 is 1.58. The first kappa shape index (κ1) is 23.7. The first-order valence-electron chi connectivity index (χ1n) is 9.98. The van der Waals surface area contributed by atoms with Crippen molar-refractivity contribution in [3.63, 3.8) is 0 Å². The predicted octanol–water partition coefficient (Wildman–Crippen LogP) is 5.49. The Morgan fingerprint density at radius 2 is 1.64 bits per heavy atom. The fraction of sp³-hybridized carbons (Fsp3) is 0.120. The van der Waals surface area contributed by atoms with E-state index in [1.807, 2.05) is 24.5 Å². The molecule has 3 N–H and O–H groups in total. The Labute approximate surface area is 195 Å². The highest BCUT2D eigenvalue weighted by atomic mass is 32.2. The second-order valence-corrected chi connectivity index (χ2v) is 7.74. The third-order valence-electron chi connectivity index (χ3n) is 4.53. The fourth-order valence-corrected chi connectivity index (χ4v) is 3.37. The summed E-state index contributed by atoms with van der Waals surface area (Å²) in [5.74, 6) is -0.658. The lowest BCUT2D eigenvalue weighted by Crippen LogP contribution is -2.29. The van der Waals surface area contributed by atoms with E-state index in [9.17, 15) is 14.7 Å². The van der Waals surface area contributed by atoms with E-state index in [2.05, 4.69) is 5.32 Å². The maximum absolute atomic E-state index is 12.7. The maximum atomic E-state index is 12.7. The molecule has 3 aromatic carbocycles. The normalized spacial score (nSPS) is 12.6. The summed E-state index contributed by atoms with van der Waals surface area (Å²) < 4.78 is 11.7. The van der Waals surface area contributed by atoms with Crippen LogP contribution in [0.1, 0.15) is 11.7 Å². The predicted molar refractivity (Wildman–Crippen MR) is 127 cm³/mol. The zero-order chi connectivity index (χ0) is 23.6. The highest BCUT2D eigenvalue weighted by Gasteiger charge is 2.28. The van der Waals surface area contributed by atoms with Crippen molar-refractivity contribution in [2.75, 3.05) is 11.6 Å². The minimum atomic E-state index is -1.17. The van der Waals surface area contributed by atoms with Crippen LogP contribution in [0.3, 0.4) is 0 Å². The van der Waals surface area contributed by atoms with Gasteiger partial charge in [0, 0.05) is 16.7 Å². The average Bonchev–Trinajstić information content (AvgIpc) is 2.82. The van der Waals surface area contributed by atoms with E-state index in [0.717, 1.165) is 11.0 Å². The quantitative estimate of drug-likeness (QED) is 0.283. The van der Waals surface area contributed by atoms with Gasteiger partial charge in [-0.05, 0) is 66.4 Å². The van der Waals surface area contributed by atoms with Crippen molar-refractivity contribution < 1.29 is 29.3 Å². The zero-order valence-electron chi connectivity index (χ0n) is 17.8. The number of rotatable bonds is 9. The molecule has 0 aliphatic rings. The van der Waals surface area contributed by atoms with Gasteiger partial charge >= 0.3 is 12.1 Å². The molecule has 0 saturated heterocycles. The summed E-state index contributed by atoms with van der Waals surface area (Å²) in [7, 11) is 0.